The Bertz CT molecular complexity index is 165. The third-order valence-electron chi connectivity index (χ3n) is 3.28. The van der Waals surface area contributed by atoms with E-state index in [0.29, 0.717) is 0 Å². The van der Waals surface area contributed by atoms with Crippen LogP contribution in [0.3, 0.4) is 0 Å². The van der Waals surface area contributed by atoms with Crippen LogP contribution in [0.25, 0.3) is 0 Å². The minimum absolute atomic E-state index is 0.797. The van der Waals surface area contributed by atoms with Crippen LogP contribution >= 0.6 is 12.6 Å². The SMILES string of the molecule is SCCOCCN1CC2CCC1C2. The Kier molecular flexibility index (Phi) is 3.52. The van der Waals surface area contributed by atoms with E-state index in [1.807, 2.05) is 0 Å². The molecular formula is C10H19NOS. The summed E-state index contributed by atoms with van der Waals surface area (Å²) in [6.07, 6.45) is 4.35. The highest BCUT2D eigenvalue weighted by Gasteiger charge is 2.36. The number of hydrogen-bond acceptors (Lipinski definition) is 3. The Hall–Kier alpha value is 0.270. The molecule has 2 bridgehead atoms. The molecular weight excluding hydrogens is 182 g/mol. The molecule has 2 atom stereocenters. The fourth-order valence-corrected chi connectivity index (χ4v) is 2.78. The molecule has 0 aromatic carbocycles. The molecule has 0 aromatic heterocycles. The lowest BCUT2D eigenvalue weighted by atomic mass is 10.1. The zero-order chi connectivity index (χ0) is 9.10. The van der Waals surface area contributed by atoms with Crippen LogP contribution in [0, 0.1) is 5.92 Å². The lowest BCUT2D eigenvalue weighted by Gasteiger charge is -2.26. The summed E-state index contributed by atoms with van der Waals surface area (Å²) in [6, 6.07) is 0.893. The maximum atomic E-state index is 5.43. The highest BCUT2D eigenvalue weighted by molar-refractivity contribution is 7.80. The Balaban J connectivity index is 1.60. The molecule has 2 fully saturated rings. The number of thiol groups is 1. The van der Waals surface area contributed by atoms with E-state index in [-0.39, 0.29) is 0 Å². The average Bonchev–Trinajstić information content (AvgIpc) is 2.73. The molecule has 76 valence electrons. The second-order valence-corrected chi connectivity index (χ2v) is 4.61. The van der Waals surface area contributed by atoms with E-state index in [0.717, 1.165) is 37.5 Å². The van der Waals surface area contributed by atoms with Gasteiger partial charge in [-0.15, -0.1) is 0 Å². The van der Waals surface area contributed by atoms with Crippen molar-refractivity contribution in [2.45, 2.75) is 25.3 Å². The summed E-state index contributed by atoms with van der Waals surface area (Å²) in [4.78, 5) is 2.60. The van der Waals surface area contributed by atoms with Crippen LogP contribution in [0.5, 0.6) is 0 Å². The van der Waals surface area contributed by atoms with E-state index < -0.39 is 0 Å². The van der Waals surface area contributed by atoms with Gasteiger partial charge in [-0.3, -0.25) is 4.90 Å². The highest BCUT2D eigenvalue weighted by atomic mass is 32.1. The molecule has 1 aliphatic heterocycles. The van der Waals surface area contributed by atoms with E-state index in [4.69, 9.17) is 4.74 Å². The van der Waals surface area contributed by atoms with E-state index >= 15 is 0 Å². The summed E-state index contributed by atoms with van der Waals surface area (Å²) in [5.41, 5.74) is 0. The first kappa shape index (κ1) is 9.81. The molecule has 0 radical (unpaired) electrons. The van der Waals surface area contributed by atoms with Gasteiger partial charge in [-0.1, -0.05) is 0 Å². The van der Waals surface area contributed by atoms with Gasteiger partial charge in [-0.25, -0.2) is 0 Å². The predicted octanol–water partition coefficient (Wildman–Crippen LogP) is 1.42. The van der Waals surface area contributed by atoms with E-state index in [9.17, 15) is 0 Å². The van der Waals surface area contributed by atoms with Crippen LogP contribution in [0.15, 0.2) is 0 Å². The maximum absolute atomic E-state index is 5.43. The molecule has 2 aliphatic rings. The highest BCUT2D eigenvalue weighted by Crippen LogP contribution is 2.36. The van der Waals surface area contributed by atoms with Crippen molar-refractivity contribution in [3.05, 3.63) is 0 Å². The number of fused-ring (bicyclic) bond motifs is 2. The van der Waals surface area contributed by atoms with Crippen LogP contribution in [-0.4, -0.2) is 43.0 Å². The van der Waals surface area contributed by atoms with Crippen LogP contribution < -0.4 is 0 Å². The molecule has 1 heterocycles. The maximum Gasteiger partial charge on any atom is 0.0593 e. The van der Waals surface area contributed by atoms with Gasteiger partial charge in [0.25, 0.3) is 0 Å². The molecule has 1 saturated carbocycles. The molecule has 3 heteroatoms. The first-order chi connectivity index (χ1) is 6.40. The van der Waals surface area contributed by atoms with Gasteiger partial charge >= 0.3 is 0 Å². The Morgan fingerprint density at radius 3 is 2.85 bits per heavy atom. The molecule has 1 aliphatic carbocycles. The van der Waals surface area contributed by atoms with E-state index in [1.54, 1.807) is 0 Å². The van der Waals surface area contributed by atoms with Gasteiger partial charge in [0.1, 0.15) is 0 Å². The largest absolute Gasteiger partial charge is 0.379 e. The number of rotatable bonds is 5. The van der Waals surface area contributed by atoms with Crippen LogP contribution in [0.1, 0.15) is 19.3 Å². The van der Waals surface area contributed by atoms with Gasteiger partial charge in [0.05, 0.1) is 13.2 Å². The van der Waals surface area contributed by atoms with E-state index in [1.165, 1.54) is 25.8 Å². The summed E-state index contributed by atoms with van der Waals surface area (Å²) in [6.45, 7) is 4.15. The number of nitrogens with zero attached hydrogens (tertiary/aromatic N) is 1. The van der Waals surface area contributed by atoms with Crippen LogP contribution in [0.4, 0.5) is 0 Å². The van der Waals surface area contributed by atoms with Crippen molar-refractivity contribution in [3.63, 3.8) is 0 Å². The molecule has 2 nitrogen and oxygen atoms in total. The summed E-state index contributed by atoms with van der Waals surface area (Å²) in [5.74, 6) is 1.85. The minimum atomic E-state index is 0.797. The molecule has 0 spiro atoms. The standard InChI is InChI=1S/C10H19NOS/c13-6-5-12-4-3-11-8-9-1-2-10(11)7-9/h9-10,13H,1-8H2. The Morgan fingerprint density at radius 2 is 2.23 bits per heavy atom. The van der Waals surface area contributed by atoms with Crippen molar-refractivity contribution in [3.8, 4) is 0 Å². The third kappa shape index (κ3) is 2.39. The van der Waals surface area contributed by atoms with Crippen molar-refractivity contribution in [1.82, 2.24) is 4.90 Å². The van der Waals surface area contributed by atoms with Crippen molar-refractivity contribution in [2.75, 3.05) is 32.1 Å². The fraction of sp³-hybridized carbons (Fsp3) is 1.00. The normalized spacial score (nSPS) is 33.0. The zero-order valence-corrected chi connectivity index (χ0v) is 9.01. The lowest BCUT2D eigenvalue weighted by molar-refractivity contribution is 0.102. The molecule has 0 amide bonds. The van der Waals surface area contributed by atoms with Gasteiger partial charge in [0.15, 0.2) is 0 Å². The zero-order valence-electron chi connectivity index (χ0n) is 8.11. The number of piperidine rings is 1. The van der Waals surface area contributed by atoms with Crippen LogP contribution in [0.2, 0.25) is 0 Å². The Labute approximate surface area is 86.0 Å². The summed E-state index contributed by atoms with van der Waals surface area (Å²) in [5, 5.41) is 0. The molecule has 13 heavy (non-hydrogen) atoms. The van der Waals surface area contributed by atoms with Gasteiger partial charge in [-0.2, -0.15) is 12.6 Å². The van der Waals surface area contributed by atoms with Gasteiger partial charge in [-0.05, 0) is 25.2 Å². The van der Waals surface area contributed by atoms with E-state index in [2.05, 4.69) is 17.5 Å². The van der Waals surface area contributed by atoms with Crippen LogP contribution in [-0.2, 0) is 4.74 Å². The Morgan fingerprint density at radius 1 is 1.31 bits per heavy atom. The lowest BCUT2D eigenvalue weighted by Crippen LogP contribution is -2.34. The first-order valence-electron chi connectivity index (χ1n) is 5.33. The average molecular weight is 201 g/mol. The van der Waals surface area contributed by atoms with Crippen molar-refractivity contribution in [2.24, 2.45) is 5.92 Å². The third-order valence-corrected chi connectivity index (χ3v) is 3.46. The number of ether oxygens (including phenoxy) is 1. The number of likely N-dealkylation sites (tertiary alicyclic amines) is 1. The molecule has 2 rings (SSSR count). The smallest absolute Gasteiger partial charge is 0.0593 e. The molecule has 1 saturated heterocycles. The molecule has 0 aromatic rings. The predicted molar refractivity (Wildman–Crippen MR) is 57.4 cm³/mol. The summed E-state index contributed by atoms with van der Waals surface area (Å²) >= 11 is 4.11. The second-order valence-electron chi connectivity index (χ2n) is 4.16. The first-order valence-corrected chi connectivity index (χ1v) is 5.96. The van der Waals surface area contributed by atoms with Gasteiger partial charge in [0.2, 0.25) is 0 Å². The minimum Gasteiger partial charge on any atom is -0.379 e. The number of hydrogen-bond donors (Lipinski definition) is 1. The summed E-state index contributed by atoms with van der Waals surface area (Å²) < 4.78 is 5.43. The van der Waals surface area contributed by atoms with Gasteiger partial charge < -0.3 is 4.74 Å². The molecule has 0 N–H and O–H groups in total. The van der Waals surface area contributed by atoms with Crippen molar-refractivity contribution < 1.29 is 4.74 Å². The van der Waals surface area contributed by atoms with Gasteiger partial charge in [0, 0.05) is 24.9 Å². The second kappa shape index (κ2) is 4.67. The molecule has 2 unspecified atom stereocenters. The van der Waals surface area contributed by atoms with Crippen molar-refractivity contribution >= 4 is 12.6 Å². The summed E-state index contributed by atoms with van der Waals surface area (Å²) in [7, 11) is 0. The quantitative estimate of drug-likeness (QED) is 0.533. The fourth-order valence-electron chi connectivity index (χ4n) is 2.65. The topological polar surface area (TPSA) is 12.5 Å². The monoisotopic (exact) mass is 201 g/mol. The van der Waals surface area contributed by atoms with Crippen molar-refractivity contribution in [1.29, 1.82) is 0 Å².